The van der Waals surface area contributed by atoms with E-state index >= 15 is 0 Å². The molecule has 1 aromatic heterocycles. The first-order chi connectivity index (χ1) is 13.0. The largest absolute Gasteiger partial charge is 0.453 e. The summed E-state index contributed by atoms with van der Waals surface area (Å²) in [6, 6.07) is 13.3. The van der Waals surface area contributed by atoms with Crippen molar-refractivity contribution in [2.45, 2.75) is 32.3 Å². The Morgan fingerprint density at radius 2 is 1.93 bits per heavy atom. The fraction of sp³-hybridized carbons (Fsp3) is 0.250. The second-order valence-electron chi connectivity index (χ2n) is 6.06. The van der Waals surface area contributed by atoms with E-state index in [1.165, 1.54) is 31.2 Å². The van der Waals surface area contributed by atoms with E-state index in [0.29, 0.717) is 18.5 Å². The molecule has 0 aliphatic carbocycles. The lowest BCUT2D eigenvalue weighted by molar-refractivity contribution is -0.153. The second kappa shape index (κ2) is 8.73. The van der Waals surface area contributed by atoms with Gasteiger partial charge in [-0.05, 0) is 56.2 Å². The maximum absolute atomic E-state index is 12.9. The molecule has 2 aromatic carbocycles. The number of rotatable bonds is 7. The van der Waals surface area contributed by atoms with Gasteiger partial charge in [0.2, 0.25) is 0 Å². The Hall–Kier alpha value is -2.80. The molecule has 0 fully saturated rings. The van der Waals surface area contributed by atoms with Crippen molar-refractivity contribution in [2.75, 3.05) is 5.32 Å². The fourth-order valence-electron chi connectivity index (χ4n) is 2.50. The Balaban J connectivity index is 1.42. The normalized spacial score (nSPS) is 11.9. The standard InChI is InChI=1S/C20H19FN2O3S/c1-13(20(25)22-15-11-9-14(21)10-12-15)26-19(24)8-4-7-18-23-16-5-2-3-6-17(16)27-18/h2-3,5-6,9-13H,4,7-8H2,1H3,(H,22,25)/t13-/m1/s1. The van der Waals surface area contributed by atoms with Crippen LogP contribution in [0.25, 0.3) is 10.2 Å². The number of anilines is 1. The van der Waals surface area contributed by atoms with Crippen LogP contribution in [0.15, 0.2) is 48.5 Å². The first-order valence-corrected chi connectivity index (χ1v) is 9.43. The molecule has 0 saturated heterocycles. The Morgan fingerprint density at radius 1 is 1.19 bits per heavy atom. The molecular formula is C20H19FN2O3S. The van der Waals surface area contributed by atoms with Crippen molar-refractivity contribution >= 4 is 39.1 Å². The first kappa shape index (κ1) is 19.0. The Morgan fingerprint density at radius 3 is 2.67 bits per heavy atom. The van der Waals surface area contributed by atoms with Gasteiger partial charge in [-0.25, -0.2) is 9.37 Å². The molecule has 0 aliphatic heterocycles. The predicted molar refractivity (Wildman–Crippen MR) is 103 cm³/mol. The van der Waals surface area contributed by atoms with Crippen molar-refractivity contribution in [1.29, 1.82) is 0 Å². The lowest BCUT2D eigenvalue weighted by atomic mass is 10.2. The molecule has 0 unspecified atom stereocenters. The summed E-state index contributed by atoms with van der Waals surface area (Å²) >= 11 is 1.62. The zero-order valence-corrected chi connectivity index (χ0v) is 15.6. The van der Waals surface area contributed by atoms with Crippen LogP contribution in [-0.2, 0) is 20.7 Å². The first-order valence-electron chi connectivity index (χ1n) is 8.61. The lowest BCUT2D eigenvalue weighted by Crippen LogP contribution is -2.29. The van der Waals surface area contributed by atoms with Gasteiger partial charge in [-0.15, -0.1) is 11.3 Å². The van der Waals surface area contributed by atoms with E-state index in [-0.39, 0.29) is 12.2 Å². The molecule has 1 amide bonds. The quantitative estimate of drug-likeness (QED) is 0.614. The van der Waals surface area contributed by atoms with Gasteiger partial charge in [0, 0.05) is 12.1 Å². The van der Waals surface area contributed by atoms with E-state index in [2.05, 4.69) is 10.3 Å². The molecule has 27 heavy (non-hydrogen) atoms. The summed E-state index contributed by atoms with van der Waals surface area (Å²) in [5.74, 6) is -1.28. The molecule has 0 spiro atoms. The Kier molecular flexibility index (Phi) is 6.13. The average molecular weight is 386 g/mol. The summed E-state index contributed by atoms with van der Waals surface area (Å²) in [5, 5.41) is 3.56. The van der Waals surface area contributed by atoms with Gasteiger partial charge in [-0.1, -0.05) is 12.1 Å². The average Bonchev–Trinajstić information content (AvgIpc) is 3.06. The third-order valence-electron chi connectivity index (χ3n) is 3.90. The molecule has 0 aliphatic rings. The van der Waals surface area contributed by atoms with E-state index in [4.69, 9.17) is 4.74 Å². The van der Waals surface area contributed by atoms with Gasteiger partial charge < -0.3 is 10.1 Å². The van der Waals surface area contributed by atoms with Gasteiger partial charge in [0.25, 0.3) is 5.91 Å². The number of ether oxygens (including phenoxy) is 1. The number of amides is 1. The number of halogens is 1. The molecule has 1 atom stereocenters. The van der Waals surface area contributed by atoms with Crippen LogP contribution in [0.4, 0.5) is 10.1 Å². The zero-order chi connectivity index (χ0) is 19.2. The minimum atomic E-state index is -0.926. The topological polar surface area (TPSA) is 68.3 Å². The number of nitrogens with one attached hydrogen (secondary N) is 1. The number of thiazole rings is 1. The third kappa shape index (κ3) is 5.34. The van der Waals surface area contributed by atoms with Crippen LogP contribution in [0.3, 0.4) is 0 Å². The Bertz CT molecular complexity index is 907. The highest BCUT2D eigenvalue weighted by atomic mass is 32.1. The summed E-state index contributed by atoms with van der Waals surface area (Å²) in [6.45, 7) is 1.50. The van der Waals surface area contributed by atoms with Crippen LogP contribution >= 0.6 is 11.3 Å². The van der Waals surface area contributed by atoms with Crippen molar-refractivity contribution in [1.82, 2.24) is 4.98 Å². The number of carbonyl (C=O) groups excluding carboxylic acids is 2. The van der Waals surface area contributed by atoms with E-state index in [9.17, 15) is 14.0 Å². The summed E-state index contributed by atoms with van der Waals surface area (Å²) in [6.07, 6.45) is 0.574. The molecule has 1 heterocycles. The van der Waals surface area contributed by atoms with Crippen LogP contribution in [0, 0.1) is 5.82 Å². The summed E-state index contributed by atoms with van der Waals surface area (Å²) < 4.78 is 19.2. The van der Waals surface area contributed by atoms with Crippen molar-refractivity contribution in [3.05, 3.63) is 59.4 Å². The van der Waals surface area contributed by atoms with Crippen LogP contribution in [0.1, 0.15) is 24.8 Å². The van der Waals surface area contributed by atoms with Crippen molar-refractivity contribution < 1.29 is 18.7 Å². The smallest absolute Gasteiger partial charge is 0.306 e. The number of aromatic nitrogens is 1. The Labute approximate surface area is 160 Å². The van der Waals surface area contributed by atoms with Crippen molar-refractivity contribution in [2.24, 2.45) is 0 Å². The number of esters is 1. The van der Waals surface area contributed by atoms with Crippen molar-refractivity contribution in [3.8, 4) is 0 Å². The molecule has 140 valence electrons. The highest BCUT2D eigenvalue weighted by molar-refractivity contribution is 7.18. The fourth-order valence-corrected chi connectivity index (χ4v) is 3.51. The molecule has 0 radical (unpaired) electrons. The minimum Gasteiger partial charge on any atom is -0.453 e. The molecule has 0 bridgehead atoms. The van der Waals surface area contributed by atoms with E-state index in [1.807, 2.05) is 24.3 Å². The van der Waals surface area contributed by atoms with Gasteiger partial charge in [0.05, 0.1) is 15.2 Å². The molecule has 7 heteroatoms. The SMILES string of the molecule is C[C@@H](OC(=O)CCCc1nc2ccccc2s1)C(=O)Nc1ccc(F)cc1. The van der Waals surface area contributed by atoms with E-state index in [0.717, 1.165) is 15.2 Å². The summed E-state index contributed by atoms with van der Waals surface area (Å²) in [7, 11) is 0. The van der Waals surface area contributed by atoms with Crippen LogP contribution in [0.2, 0.25) is 0 Å². The number of hydrogen-bond donors (Lipinski definition) is 1. The molecule has 3 rings (SSSR count). The zero-order valence-electron chi connectivity index (χ0n) is 14.8. The molecule has 0 saturated carbocycles. The summed E-state index contributed by atoms with van der Waals surface area (Å²) in [4.78, 5) is 28.5. The lowest BCUT2D eigenvalue weighted by Gasteiger charge is -2.13. The highest BCUT2D eigenvalue weighted by Crippen LogP contribution is 2.22. The molecular weight excluding hydrogens is 367 g/mol. The predicted octanol–water partition coefficient (Wildman–Crippen LogP) is 4.33. The molecule has 3 aromatic rings. The monoisotopic (exact) mass is 386 g/mol. The maximum Gasteiger partial charge on any atom is 0.306 e. The number of hydrogen-bond acceptors (Lipinski definition) is 5. The summed E-state index contributed by atoms with van der Waals surface area (Å²) in [5.41, 5.74) is 1.41. The van der Waals surface area contributed by atoms with Gasteiger partial charge in [-0.2, -0.15) is 0 Å². The number of benzene rings is 2. The number of aryl methyl sites for hydroxylation is 1. The number of nitrogens with zero attached hydrogens (tertiary/aromatic N) is 1. The minimum absolute atomic E-state index is 0.212. The number of fused-ring (bicyclic) bond motifs is 1. The van der Waals surface area contributed by atoms with Gasteiger partial charge in [0.1, 0.15) is 5.82 Å². The number of carbonyl (C=O) groups is 2. The molecule has 1 N–H and O–H groups in total. The van der Waals surface area contributed by atoms with Gasteiger partial charge in [0.15, 0.2) is 6.10 Å². The number of para-hydroxylation sites is 1. The second-order valence-corrected chi connectivity index (χ2v) is 7.17. The van der Waals surface area contributed by atoms with Crippen LogP contribution < -0.4 is 5.32 Å². The van der Waals surface area contributed by atoms with Crippen LogP contribution in [-0.4, -0.2) is 23.0 Å². The van der Waals surface area contributed by atoms with E-state index in [1.54, 1.807) is 11.3 Å². The van der Waals surface area contributed by atoms with E-state index < -0.39 is 18.0 Å². The van der Waals surface area contributed by atoms with Crippen LogP contribution in [0.5, 0.6) is 0 Å². The van der Waals surface area contributed by atoms with Gasteiger partial charge in [-0.3, -0.25) is 9.59 Å². The molecule has 5 nitrogen and oxygen atoms in total. The highest BCUT2D eigenvalue weighted by Gasteiger charge is 2.18. The van der Waals surface area contributed by atoms with Gasteiger partial charge >= 0.3 is 5.97 Å². The van der Waals surface area contributed by atoms with Crippen molar-refractivity contribution in [3.63, 3.8) is 0 Å². The third-order valence-corrected chi connectivity index (χ3v) is 5.00. The maximum atomic E-state index is 12.9.